The Morgan fingerprint density at radius 2 is 1.52 bits per heavy atom. The Morgan fingerprint density at radius 1 is 0.870 bits per heavy atom. The summed E-state index contributed by atoms with van der Waals surface area (Å²) in [5.41, 5.74) is 1.49. The highest BCUT2D eigenvalue weighted by molar-refractivity contribution is 5.99. The number of ether oxygens (including phenoxy) is 1. The maximum atomic E-state index is 11.9. The molecule has 0 fully saturated rings. The van der Waals surface area contributed by atoms with Gasteiger partial charge in [0.1, 0.15) is 5.75 Å². The maximum absolute atomic E-state index is 11.9. The fourth-order valence-electron chi connectivity index (χ4n) is 2.17. The minimum absolute atomic E-state index is 0.260. The lowest BCUT2D eigenvalue weighted by molar-refractivity contribution is 0.262. The van der Waals surface area contributed by atoms with Gasteiger partial charge in [-0.1, -0.05) is 44.4 Å². The number of benzene rings is 2. The molecule has 2 amide bonds. The molecule has 0 aromatic heterocycles. The van der Waals surface area contributed by atoms with E-state index in [2.05, 4.69) is 17.6 Å². The highest BCUT2D eigenvalue weighted by Gasteiger charge is 2.02. The van der Waals surface area contributed by atoms with Gasteiger partial charge in [-0.2, -0.15) is 0 Å². The van der Waals surface area contributed by atoms with Gasteiger partial charge in [-0.15, -0.1) is 0 Å². The van der Waals surface area contributed by atoms with Gasteiger partial charge in [0.05, 0.1) is 6.61 Å². The van der Waals surface area contributed by atoms with Crippen LogP contribution in [-0.4, -0.2) is 12.6 Å². The zero-order valence-corrected chi connectivity index (χ0v) is 13.5. The molecule has 2 aromatic carbocycles. The van der Waals surface area contributed by atoms with Crippen LogP contribution in [0.1, 0.15) is 32.6 Å². The van der Waals surface area contributed by atoms with Crippen molar-refractivity contribution in [1.29, 1.82) is 0 Å². The largest absolute Gasteiger partial charge is 0.494 e. The van der Waals surface area contributed by atoms with Crippen LogP contribution >= 0.6 is 0 Å². The molecule has 0 aliphatic rings. The third-order valence-electron chi connectivity index (χ3n) is 3.41. The molecule has 0 aliphatic carbocycles. The van der Waals surface area contributed by atoms with Crippen LogP contribution in [0.3, 0.4) is 0 Å². The number of carbonyl (C=O) groups is 1. The van der Waals surface area contributed by atoms with Crippen LogP contribution in [0.15, 0.2) is 54.6 Å². The van der Waals surface area contributed by atoms with Crippen molar-refractivity contribution in [3.8, 4) is 5.75 Å². The molecule has 0 radical (unpaired) electrons. The molecule has 0 spiro atoms. The summed E-state index contributed by atoms with van der Waals surface area (Å²) in [5, 5.41) is 5.57. The SMILES string of the molecule is CCCCCCOc1ccc(NC(=O)Nc2ccccc2)cc1. The molecule has 4 nitrogen and oxygen atoms in total. The first kappa shape index (κ1) is 16.9. The molecular formula is C19H24N2O2. The second kappa shape index (κ2) is 9.51. The quantitative estimate of drug-likeness (QED) is 0.651. The van der Waals surface area contributed by atoms with Crippen LogP contribution in [0.2, 0.25) is 0 Å². The summed E-state index contributed by atoms with van der Waals surface area (Å²) in [6.07, 6.45) is 4.76. The summed E-state index contributed by atoms with van der Waals surface area (Å²) in [7, 11) is 0. The Balaban J connectivity index is 1.75. The monoisotopic (exact) mass is 312 g/mol. The van der Waals surface area contributed by atoms with E-state index in [-0.39, 0.29) is 6.03 Å². The van der Waals surface area contributed by atoms with E-state index in [4.69, 9.17) is 4.74 Å². The van der Waals surface area contributed by atoms with E-state index in [1.54, 1.807) is 0 Å². The molecule has 23 heavy (non-hydrogen) atoms. The fraction of sp³-hybridized carbons (Fsp3) is 0.316. The normalized spacial score (nSPS) is 10.1. The first-order valence-corrected chi connectivity index (χ1v) is 8.14. The summed E-state index contributed by atoms with van der Waals surface area (Å²) < 4.78 is 5.68. The van der Waals surface area contributed by atoms with Crippen LogP contribution in [0, 0.1) is 0 Å². The number of carbonyl (C=O) groups excluding carboxylic acids is 1. The number of nitrogens with one attached hydrogen (secondary N) is 2. The summed E-state index contributed by atoms with van der Waals surface area (Å²) in [5.74, 6) is 0.829. The summed E-state index contributed by atoms with van der Waals surface area (Å²) in [4.78, 5) is 11.9. The molecule has 2 N–H and O–H groups in total. The molecule has 2 aromatic rings. The molecular weight excluding hydrogens is 288 g/mol. The first-order valence-electron chi connectivity index (χ1n) is 8.14. The minimum atomic E-state index is -0.260. The van der Waals surface area contributed by atoms with Crippen molar-refractivity contribution in [2.75, 3.05) is 17.2 Å². The van der Waals surface area contributed by atoms with E-state index in [0.29, 0.717) is 0 Å². The molecule has 122 valence electrons. The number of hydrogen-bond donors (Lipinski definition) is 2. The lowest BCUT2D eigenvalue weighted by Crippen LogP contribution is -2.19. The highest BCUT2D eigenvalue weighted by Crippen LogP contribution is 2.16. The number of amides is 2. The molecule has 0 bridgehead atoms. The van der Waals surface area contributed by atoms with E-state index < -0.39 is 0 Å². The van der Waals surface area contributed by atoms with Gasteiger partial charge in [-0.25, -0.2) is 4.79 Å². The smallest absolute Gasteiger partial charge is 0.323 e. The molecule has 0 heterocycles. The van der Waals surface area contributed by atoms with Crippen molar-refractivity contribution in [2.24, 2.45) is 0 Å². The van der Waals surface area contributed by atoms with Gasteiger partial charge in [0.15, 0.2) is 0 Å². The number of rotatable bonds is 8. The fourth-order valence-corrected chi connectivity index (χ4v) is 2.17. The standard InChI is InChI=1S/C19H24N2O2/c1-2-3-4-8-15-23-18-13-11-17(12-14-18)21-19(22)20-16-9-6-5-7-10-16/h5-7,9-14H,2-4,8,15H2,1H3,(H2,20,21,22). The third-order valence-corrected chi connectivity index (χ3v) is 3.41. The number of anilines is 2. The molecule has 4 heteroatoms. The average Bonchev–Trinajstić information content (AvgIpc) is 2.57. The Hall–Kier alpha value is -2.49. The lowest BCUT2D eigenvalue weighted by Gasteiger charge is -2.09. The Kier molecular flexibility index (Phi) is 6.98. The van der Waals surface area contributed by atoms with E-state index in [1.165, 1.54) is 19.3 Å². The van der Waals surface area contributed by atoms with E-state index in [1.807, 2.05) is 54.6 Å². The highest BCUT2D eigenvalue weighted by atomic mass is 16.5. The predicted octanol–water partition coefficient (Wildman–Crippen LogP) is 5.29. The van der Waals surface area contributed by atoms with Gasteiger partial charge in [0, 0.05) is 11.4 Å². The lowest BCUT2D eigenvalue weighted by atomic mass is 10.2. The summed E-state index contributed by atoms with van der Waals surface area (Å²) in [6.45, 7) is 2.93. The van der Waals surface area contributed by atoms with E-state index >= 15 is 0 Å². The average molecular weight is 312 g/mol. The summed E-state index contributed by atoms with van der Waals surface area (Å²) in [6, 6.07) is 16.5. The topological polar surface area (TPSA) is 50.4 Å². The van der Waals surface area contributed by atoms with Crippen molar-refractivity contribution in [1.82, 2.24) is 0 Å². The Bertz CT molecular complexity index is 582. The molecule has 0 saturated heterocycles. The summed E-state index contributed by atoms with van der Waals surface area (Å²) >= 11 is 0. The van der Waals surface area contributed by atoms with Gasteiger partial charge in [-0.3, -0.25) is 0 Å². The van der Waals surface area contributed by atoms with Crippen LogP contribution < -0.4 is 15.4 Å². The number of para-hydroxylation sites is 1. The van der Waals surface area contributed by atoms with Gasteiger partial charge < -0.3 is 15.4 Å². The van der Waals surface area contributed by atoms with Crippen LogP contribution in [0.5, 0.6) is 5.75 Å². The van der Waals surface area contributed by atoms with Gasteiger partial charge in [0.25, 0.3) is 0 Å². The zero-order valence-electron chi connectivity index (χ0n) is 13.5. The molecule has 0 unspecified atom stereocenters. The second-order valence-corrected chi connectivity index (χ2v) is 5.38. The van der Waals surface area contributed by atoms with Crippen LogP contribution in [0.4, 0.5) is 16.2 Å². The molecule has 0 aliphatic heterocycles. The Labute approximate surface area is 137 Å². The number of unbranched alkanes of at least 4 members (excludes halogenated alkanes) is 3. The molecule has 0 saturated carbocycles. The number of hydrogen-bond acceptors (Lipinski definition) is 2. The predicted molar refractivity (Wildman–Crippen MR) is 95.2 cm³/mol. The Morgan fingerprint density at radius 3 is 2.17 bits per heavy atom. The van der Waals surface area contributed by atoms with Crippen LogP contribution in [-0.2, 0) is 0 Å². The molecule has 0 atom stereocenters. The minimum Gasteiger partial charge on any atom is -0.494 e. The van der Waals surface area contributed by atoms with Crippen molar-refractivity contribution < 1.29 is 9.53 Å². The van der Waals surface area contributed by atoms with Crippen molar-refractivity contribution in [3.63, 3.8) is 0 Å². The molecule has 2 rings (SSSR count). The van der Waals surface area contributed by atoms with Crippen molar-refractivity contribution in [2.45, 2.75) is 32.6 Å². The number of urea groups is 1. The maximum Gasteiger partial charge on any atom is 0.323 e. The van der Waals surface area contributed by atoms with E-state index in [9.17, 15) is 4.79 Å². The van der Waals surface area contributed by atoms with E-state index in [0.717, 1.165) is 30.2 Å². The zero-order chi connectivity index (χ0) is 16.3. The van der Waals surface area contributed by atoms with Gasteiger partial charge in [0.2, 0.25) is 0 Å². The second-order valence-electron chi connectivity index (χ2n) is 5.38. The van der Waals surface area contributed by atoms with Crippen molar-refractivity contribution in [3.05, 3.63) is 54.6 Å². The van der Waals surface area contributed by atoms with Gasteiger partial charge in [-0.05, 0) is 42.8 Å². The van der Waals surface area contributed by atoms with Crippen LogP contribution in [0.25, 0.3) is 0 Å². The first-order chi connectivity index (χ1) is 11.3. The third kappa shape index (κ3) is 6.43. The van der Waals surface area contributed by atoms with Crippen molar-refractivity contribution >= 4 is 17.4 Å². The van der Waals surface area contributed by atoms with Gasteiger partial charge >= 0.3 is 6.03 Å².